The van der Waals surface area contributed by atoms with Crippen molar-refractivity contribution in [2.45, 2.75) is 46.5 Å². The molecule has 0 bridgehead atoms. The van der Waals surface area contributed by atoms with Gasteiger partial charge in [-0.05, 0) is 65.1 Å². The molecule has 0 heteroatoms. The summed E-state index contributed by atoms with van der Waals surface area (Å²) in [4.78, 5) is 0. The monoisotopic (exact) mass is 328 g/mol. The average Bonchev–Trinajstić information content (AvgIpc) is 2.67. The standard InChI is InChI=1S/C25H28/c1-4-6-13-22-18-19(3)24(20-14-9-7-10-15-20)25(23(22)5-2)21-16-11-8-12-17-21/h7-12,14-18H,4-6,13H2,1-3H3. The molecule has 3 aromatic carbocycles. The third-order valence-electron chi connectivity index (χ3n) is 5.00. The molecule has 0 aliphatic carbocycles. The first-order chi connectivity index (χ1) is 12.3. The van der Waals surface area contributed by atoms with Gasteiger partial charge >= 0.3 is 0 Å². The second-order valence-electron chi connectivity index (χ2n) is 6.77. The highest BCUT2D eigenvalue weighted by molar-refractivity contribution is 5.88. The van der Waals surface area contributed by atoms with Gasteiger partial charge in [0, 0.05) is 0 Å². The van der Waals surface area contributed by atoms with Crippen LogP contribution in [0.25, 0.3) is 22.3 Å². The van der Waals surface area contributed by atoms with E-state index in [0.29, 0.717) is 0 Å². The normalized spacial score (nSPS) is 10.8. The number of aryl methyl sites for hydroxylation is 2. The zero-order valence-corrected chi connectivity index (χ0v) is 15.7. The Hall–Kier alpha value is -2.34. The zero-order valence-electron chi connectivity index (χ0n) is 15.7. The van der Waals surface area contributed by atoms with E-state index in [1.807, 2.05) is 0 Å². The van der Waals surface area contributed by atoms with E-state index in [9.17, 15) is 0 Å². The molecule has 0 aliphatic heterocycles. The van der Waals surface area contributed by atoms with Gasteiger partial charge in [-0.1, -0.05) is 87.0 Å². The molecule has 0 heterocycles. The maximum Gasteiger partial charge on any atom is -0.00680 e. The van der Waals surface area contributed by atoms with Crippen LogP contribution in [0.2, 0.25) is 0 Å². The van der Waals surface area contributed by atoms with Crippen molar-refractivity contribution in [2.24, 2.45) is 0 Å². The fraction of sp³-hybridized carbons (Fsp3) is 0.280. The number of hydrogen-bond donors (Lipinski definition) is 0. The van der Waals surface area contributed by atoms with Crippen molar-refractivity contribution in [1.29, 1.82) is 0 Å². The molecule has 0 atom stereocenters. The van der Waals surface area contributed by atoms with Gasteiger partial charge in [0.25, 0.3) is 0 Å². The lowest BCUT2D eigenvalue weighted by molar-refractivity contribution is 0.787. The fourth-order valence-electron chi connectivity index (χ4n) is 3.82. The quantitative estimate of drug-likeness (QED) is 0.447. The van der Waals surface area contributed by atoms with Gasteiger partial charge < -0.3 is 0 Å². The predicted molar refractivity (Wildman–Crippen MR) is 110 cm³/mol. The highest BCUT2D eigenvalue weighted by Gasteiger charge is 2.17. The Kier molecular flexibility index (Phi) is 5.71. The Morgan fingerprint density at radius 1 is 0.720 bits per heavy atom. The molecule has 128 valence electrons. The second-order valence-corrected chi connectivity index (χ2v) is 6.77. The minimum absolute atomic E-state index is 1.07. The first-order valence-electron chi connectivity index (χ1n) is 9.52. The Morgan fingerprint density at radius 3 is 1.80 bits per heavy atom. The van der Waals surface area contributed by atoms with E-state index in [1.54, 1.807) is 0 Å². The number of benzene rings is 3. The van der Waals surface area contributed by atoms with Gasteiger partial charge in [0.1, 0.15) is 0 Å². The minimum Gasteiger partial charge on any atom is -0.0654 e. The topological polar surface area (TPSA) is 0 Å². The lowest BCUT2D eigenvalue weighted by Gasteiger charge is -2.21. The molecule has 0 spiro atoms. The summed E-state index contributed by atoms with van der Waals surface area (Å²) in [7, 11) is 0. The molecule has 25 heavy (non-hydrogen) atoms. The van der Waals surface area contributed by atoms with E-state index in [2.05, 4.69) is 87.5 Å². The Labute approximate surface area is 152 Å². The highest BCUT2D eigenvalue weighted by atomic mass is 14.2. The molecule has 0 aliphatic rings. The van der Waals surface area contributed by atoms with Gasteiger partial charge in [0.15, 0.2) is 0 Å². The average molecular weight is 328 g/mol. The van der Waals surface area contributed by atoms with Crippen LogP contribution in [0.15, 0.2) is 66.7 Å². The first-order valence-corrected chi connectivity index (χ1v) is 9.52. The third kappa shape index (κ3) is 3.69. The molecule has 0 aromatic heterocycles. The lowest BCUT2D eigenvalue weighted by Crippen LogP contribution is -2.02. The van der Waals surface area contributed by atoms with Gasteiger partial charge in [0.2, 0.25) is 0 Å². The Bertz CT molecular complexity index is 814. The van der Waals surface area contributed by atoms with Crippen molar-refractivity contribution in [3.8, 4) is 22.3 Å². The molecule has 0 saturated heterocycles. The van der Waals surface area contributed by atoms with Crippen molar-refractivity contribution in [2.75, 3.05) is 0 Å². The van der Waals surface area contributed by atoms with Gasteiger partial charge in [-0.15, -0.1) is 0 Å². The molecule has 3 aromatic rings. The number of rotatable bonds is 6. The molecule has 0 unspecified atom stereocenters. The molecular weight excluding hydrogens is 300 g/mol. The summed E-state index contributed by atoms with van der Waals surface area (Å²) < 4.78 is 0. The van der Waals surface area contributed by atoms with Gasteiger partial charge in [0.05, 0.1) is 0 Å². The summed E-state index contributed by atoms with van der Waals surface area (Å²) >= 11 is 0. The summed E-state index contributed by atoms with van der Waals surface area (Å²) in [6, 6.07) is 24.2. The van der Waals surface area contributed by atoms with E-state index in [4.69, 9.17) is 0 Å². The molecule has 0 amide bonds. The summed E-state index contributed by atoms with van der Waals surface area (Å²) in [6.45, 7) is 6.83. The first kappa shape index (κ1) is 17.5. The zero-order chi connectivity index (χ0) is 17.6. The molecule has 0 nitrogen and oxygen atoms in total. The van der Waals surface area contributed by atoms with Crippen molar-refractivity contribution >= 4 is 0 Å². The maximum absolute atomic E-state index is 2.43. The molecule has 0 fully saturated rings. The molecular formula is C25H28. The third-order valence-corrected chi connectivity index (χ3v) is 5.00. The van der Waals surface area contributed by atoms with Crippen molar-refractivity contribution in [1.82, 2.24) is 0 Å². The second kappa shape index (κ2) is 8.16. The summed E-state index contributed by atoms with van der Waals surface area (Å²) in [6.07, 6.45) is 4.74. The minimum atomic E-state index is 1.07. The van der Waals surface area contributed by atoms with Crippen LogP contribution in [0.5, 0.6) is 0 Å². The van der Waals surface area contributed by atoms with Gasteiger partial charge in [-0.3, -0.25) is 0 Å². The Balaban J connectivity index is 2.31. The SMILES string of the molecule is CCCCc1cc(C)c(-c2ccccc2)c(-c2ccccc2)c1CC. The van der Waals surface area contributed by atoms with E-state index in [0.717, 1.165) is 6.42 Å². The van der Waals surface area contributed by atoms with Crippen LogP contribution in [-0.4, -0.2) is 0 Å². The molecule has 0 saturated carbocycles. The van der Waals surface area contributed by atoms with Crippen LogP contribution in [0.3, 0.4) is 0 Å². The number of unbranched alkanes of at least 4 members (excludes halogenated alkanes) is 1. The fourth-order valence-corrected chi connectivity index (χ4v) is 3.82. The number of hydrogen-bond acceptors (Lipinski definition) is 0. The van der Waals surface area contributed by atoms with E-state index >= 15 is 0 Å². The van der Waals surface area contributed by atoms with Crippen LogP contribution < -0.4 is 0 Å². The van der Waals surface area contributed by atoms with Crippen LogP contribution >= 0.6 is 0 Å². The largest absolute Gasteiger partial charge is 0.0654 e. The Morgan fingerprint density at radius 2 is 1.28 bits per heavy atom. The van der Waals surface area contributed by atoms with E-state index in [-0.39, 0.29) is 0 Å². The molecule has 3 rings (SSSR count). The molecule has 0 radical (unpaired) electrons. The highest BCUT2D eigenvalue weighted by Crippen LogP contribution is 2.40. The van der Waals surface area contributed by atoms with Crippen molar-refractivity contribution < 1.29 is 0 Å². The summed E-state index contributed by atoms with van der Waals surface area (Å²) in [5.74, 6) is 0. The maximum atomic E-state index is 2.43. The van der Waals surface area contributed by atoms with E-state index in [1.165, 1.54) is 58.2 Å². The van der Waals surface area contributed by atoms with Crippen LogP contribution in [0.4, 0.5) is 0 Å². The van der Waals surface area contributed by atoms with Crippen LogP contribution in [0, 0.1) is 6.92 Å². The van der Waals surface area contributed by atoms with Crippen molar-refractivity contribution in [3.63, 3.8) is 0 Å². The van der Waals surface area contributed by atoms with Crippen molar-refractivity contribution in [3.05, 3.63) is 83.4 Å². The van der Waals surface area contributed by atoms with Crippen LogP contribution in [0.1, 0.15) is 43.4 Å². The predicted octanol–water partition coefficient (Wildman–Crippen LogP) is 7.23. The summed E-state index contributed by atoms with van der Waals surface area (Å²) in [5.41, 5.74) is 9.90. The van der Waals surface area contributed by atoms with Gasteiger partial charge in [-0.25, -0.2) is 0 Å². The summed E-state index contributed by atoms with van der Waals surface area (Å²) in [5, 5.41) is 0. The smallest absolute Gasteiger partial charge is 0.00680 e. The van der Waals surface area contributed by atoms with E-state index < -0.39 is 0 Å². The van der Waals surface area contributed by atoms with Crippen LogP contribution in [-0.2, 0) is 12.8 Å². The molecule has 0 N–H and O–H groups in total. The lowest BCUT2D eigenvalue weighted by atomic mass is 9.83. The van der Waals surface area contributed by atoms with Gasteiger partial charge in [-0.2, -0.15) is 0 Å².